The molecule has 1 saturated heterocycles. The van der Waals surface area contributed by atoms with Gasteiger partial charge in [-0.1, -0.05) is 34.7 Å². The van der Waals surface area contributed by atoms with Crippen molar-refractivity contribution in [3.8, 4) is 0 Å². The molecule has 1 fully saturated rings. The quantitative estimate of drug-likeness (QED) is 0.230. The van der Waals surface area contributed by atoms with Crippen molar-refractivity contribution in [2.24, 2.45) is 0 Å². The smallest absolute Gasteiger partial charge is 0.323 e. The monoisotopic (exact) mass is 420 g/mol. The highest BCUT2D eigenvalue weighted by atomic mass is 127. The van der Waals surface area contributed by atoms with Crippen LogP contribution in [0.5, 0.6) is 0 Å². The molecule has 22 heavy (non-hydrogen) atoms. The molecule has 1 aliphatic rings. The number of non-ortho nitro benzene ring substituents is 1. The average molecular weight is 420 g/mol. The summed E-state index contributed by atoms with van der Waals surface area (Å²) in [6.07, 6.45) is 0. The zero-order chi connectivity index (χ0) is 15.9. The van der Waals surface area contributed by atoms with Gasteiger partial charge in [-0.3, -0.25) is 19.8 Å². The van der Waals surface area contributed by atoms with E-state index < -0.39 is 8.85 Å². The van der Waals surface area contributed by atoms with Gasteiger partial charge < -0.3 is 9.47 Å². The first-order valence-electron chi connectivity index (χ1n) is 6.93. The number of nitro benzene ring substituents is 1. The lowest BCUT2D eigenvalue weighted by Crippen LogP contribution is -2.38. The van der Waals surface area contributed by atoms with E-state index in [2.05, 4.69) is 4.90 Å². The highest BCUT2D eigenvalue weighted by Crippen LogP contribution is 2.26. The largest absolute Gasteiger partial charge is 0.463 e. The minimum absolute atomic E-state index is 0.00744. The molecule has 8 heteroatoms. The zero-order valence-electron chi connectivity index (χ0n) is 11.9. The highest BCUT2D eigenvalue weighted by molar-refractivity contribution is 14.1. The Bertz CT molecular complexity index is 516. The fraction of sp³-hybridized carbons (Fsp3) is 0.500. The summed E-state index contributed by atoms with van der Waals surface area (Å²) in [5.74, 6) is -0.331. The number of esters is 1. The van der Waals surface area contributed by atoms with E-state index in [1.54, 1.807) is 12.1 Å². The Morgan fingerprint density at radius 1 is 1.36 bits per heavy atom. The Balaban J connectivity index is 1.79. The Morgan fingerprint density at radius 2 is 2.00 bits per heavy atom. The van der Waals surface area contributed by atoms with E-state index in [-0.39, 0.29) is 11.7 Å². The summed E-state index contributed by atoms with van der Waals surface area (Å²) in [6.45, 7) is 4.17. The number of rotatable bonds is 6. The summed E-state index contributed by atoms with van der Waals surface area (Å²) in [7, 11) is 0. The number of halogens is 1. The topological polar surface area (TPSA) is 81.9 Å². The van der Waals surface area contributed by atoms with Crippen LogP contribution in [0.15, 0.2) is 24.3 Å². The molecule has 120 valence electrons. The van der Waals surface area contributed by atoms with Crippen molar-refractivity contribution in [3.63, 3.8) is 0 Å². The molecule has 1 aromatic rings. The lowest BCUT2D eigenvalue weighted by atomic mass is 10.1. The van der Waals surface area contributed by atoms with Crippen molar-refractivity contribution in [1.82, 2.24) is 4.90 Å². The predicted molar refractivity (Wildman–Crippen MR) is 88.1 cm³/mol. The van der Waals surface area contributed by atoms with Crippen molar-refractivity contribution in [3.05, 3.63) is 39.9 Å². The van der Waals surface area contributed by atoms with Crippen molar-refractivity contribution >= 4 is 34.2 Å². The molecule has 0 N–H and O–H groups in total. The lowest BCUT2D eigenvalue weighted by Gasteiger charge is -2.26. The molecule has 0 aromatic heterocycles. The Labute approximate surface area is 141 Å². The molecule has 0 aliphatic carbocycles. The van der Waals surface area contributed by atoms with Gasteiger partial charge in [0.2, 0.25) is 0 Å². The van der Waals surface area contributed by atoms with Crippen LogP contribution in [0, 0.1) is 10.1 Å². The van der Waals surface area contributed by atoms with E-state index in [0.29, 0.717) is 31.9 Å². The SMILES string of the molecule is O=C(OCCN1CCOCC1)C(I)c1ccc([N+](=O)[O-])cc1. The molecule has 7 nitrogen and oxygen atoms in total. The molecule has 1 aromatic carbocycles. The summed E-state index contributed by atoms with van der Waals surface area (Å²) >= 11 is 1.98. The van der Waals surface area contributed by atoms with Crippen LogP contribution in [0.4, 0.5) is 5.69 Å². The summed E-state index contributed by atoms with van der Waals surface area (Å²) < 4.78 is 10.1. The number of ether oxygens (including phenoxy) is 2. The van der Waals surface area contributed by atoms with Crippen molar-refractivity contribution in [2.45, 2.75) is 3.92 Å². The van der Waals surface area contributed by atoms with E-state index in [4.69, 9.17) is 9.47 Å². The van der Waals surface area contributed by atoms with Crippen LogP contribution < -0.4 is 0 Å². The van der Waals surface area contributed by atoms with Gasteiger partial charge in [-0.15, -0.1) is 0 Å². The molecule has 0 saturated carbocycles. The minimum Gasteiger partial charge on any atom is -0.463 e. The third kappa shape index (κ3) is 4.89. The molecule has 0 spiro atoms. The predicted octanol–water partition coefficient (Wildman–Crippen LogP) is 1.95. The van der Waals surface area contributed by atoms with Gasteiger partial charge in [-0.05, 0) is 5.56 Å². The molecule has 1 unspecified atom stereocenters. The molecular weight excluding hydrogens is 403 g/mol. The van der Waals surface area contributed by atoms with Crippen LogP contribution in [0.1, 0.15) is 9.49 Å². The van der Waals surface area contributed by atoms with Gasteiger partial charge in [0, 0.05) is 31.8 Å². The second-order valence-electron chi connectivity index (χ2n) is 4.83. The number of hydrogen-bond acceptors (Lipinski definition) is 6. The lowest BCUT2D eigenvalue weighted by molar-refractivity contribution is -0.384. The second kappa shape index (κ2) is 8.39. The third-order valence-electron chi connectivity index (χ3n) is 3.36. The van der Waals surface area contributed by atoms with Gasteiger partial charge in [0.25, 0.3) is 5.69 Å². The second-order valence-corrected chi connectivity index (χ2v) is 6.08. The summed E-state index contributed by atoms with van der Waals surface area (Å²) in [5.41, 5.74) is 0.704. The summed E-state index contributed by atoms with van der Waals surface area (Å²) in [5, 5.41) is 10.6. The van der Waals surface area contributed by atoms with Crippen LogP contribution in [-0.2, 0) is 14.3 Å². The van der Waals surface area contributed by atoms with Crippen molar-refractivity contribution in [1.29, 1.82) is 0 Å². The van der Waals surface area contributed by atoms with E-state index >= 15 is 0 Å². The number of carbonyl (C=O) groups is 1. The van der Waals surface area contributed by atoms with Crippen molar-refractivity contribution in [2.75, 3.05) is 39.5 Å². The molecule has 1 heterocycles. The average Bonchev–Trinajstić information content (AvgIpc) is 2.55. The van der Waals surface area contributed by atoms with Gasteiger partial charge in [-0.25, -0.2) is 0 Å². The van der Waals surface area contributed by atoms with E-state index in [9.17, 15) is 14.9 Å². The number of morpholine rings is 1. The number of carbonyl (C=O) groups excluding carboxylic acids is 1. The fourth-order valence-corrected chi connectivity index (χ4v) is 2.67. The Hall–Kier alpha value is -1.26. The summed E-state index contributed by atoms with van der Waals surface area (Å²) in [4.78, 5) is 24.3. The number of nitro groups is 1. The maximum atomic E-state index is 12.0. The van der Waals surface area contributed by atoms with Crippen LogP contribution >= 0.6 is 22.6 Å². The van der Waals surface area contributed by atoms with E-state index in [0.717, 1.165) is 13.1 Å². The third-order valence-corrected chi connectivity index (χ3v) is 4.59. The summed E-state index contributed by atoms with van der Waals surface area (Å²) in [6, 6.07) is 5.95. The van der Waals surface area contributed by atoms with Gasteiger partial charge in [0.05, 0.1) is 18.1 Å². The first-order chi connectivity index (χ1) is 10.6. The molecule has 1 aliphatic heterocycles. The Morgan fingerprint density at radius 3 is 2.59 bits per heavy atom. The first kappa shape index (κ1) is 17.1. The zero-order valence-corrected chi connectivity index (χ0v) is 14.1. The molecule has 1 atom stereocenters. The molecule has 2 rings (SSSR count). The normalized spacial score (nSPS) is 17.0. The van der Waals surface area contributed by atoms with Gasteiger partial charge in [0.15, 0.2) is 0 Å². The van der Waals surface area contributed by atoms with Gasteiger partial charge >= 0.3 is 5.97 Å². The molecule has 0 radical (unpaired) electrons. The van der Waals surface area contributed by atoms with Crippen LogP contribution in [0.2, 0.25) is 0 Å². The Kier molecular flexibility index (Phi) is 6.52. The molecule has 0 amide bonds. The number of benzene rings is 1. The van der Waals surface area contributed by atoms with Crippen LogP contribution in [0.25, 0.3) is 0 Å². The maximum Gasteiger partial charge on any atom is 0.323 e. The number of hydrogen-bond donors (Lipinski definition) is 0. The maximum absolute atomic E-state index is 12.0. The number of nitrogens with zero attached hydrogens (tertiary/aromatic N) is 2. The first-order valence-corrected chi connectivity index (χ1v) is 8.17. The van der Waals surface area contributed by atoms with Crippen molar-refractivity contribution < 1.29 is 19.2 Å². The molecular formula is C14H17IN2O5. The van der Waals surface area contributed by atoms with E-state index in [1.807, 2.05) is 22.6 Å². The number of alkyl halides is 1. The fourth-order valence-electron chi connectivity index (χ4n) is 2.07. The standard InChI is InChI=1S/C14H17IN2O5/c15-13(11-1-3-12(4-2-11)17(19)20)14(18)22-10-7-16-5-8-21-9-6-16/h1-4,13H,5-10H2. The van der Waals surface area contributed by atoms with Gasteiger partial charge in [0.1, 0.15) is 10.5 Å². The highest BCUT2D eigenvalue weighted by Gasteiger charge is 2.20. The molecule has 0 bridgehead atoms. The van der Waals surface area contributed by atoms with Crippen LogP contribution in [0.3, 0.4) is 0 Å². The minimum atomic E-state index is -0.469. The van der Waals surface area contributed by atoms with Gasteiger partial charge in [-0.2, -0.15) is 0 Å². The van der Waals surface area contributed by atoms with E-state index in [1.165, 1.54) is 12.1 Å². The van der Waals surface area contributed by atoms with Crippen LogP contribution in [-0.4, -0.2) is 55.2 Å².